The standard InChI is InChI=1S/C17H24N2O4/c1-4-22-14-7-5-13(6-8-14)9-16(20)18-10-15-11-19(12(2)3)17(21)23-15/h5-8,12,15H,4,9-11H2,1-3H3,(H,18,20). The molecule has 23 heavy (non-hydrogen) atoms. The van der Waals surface area contributed by atoms with Crippen molar-refractivity contribution in [3.05, 3.63) is 29.8 Å². The SMILES string of the molecule is CCOc1ccc(CC(=O)NCC2CN(C(C)C)C(=O)O2)cc1. The molecule has 0 radical (unpaired) electrons. The number of carbonyl (C=O) groups excluding carboxylic acids is 2. The highest BCUT2D eigenvalue weighted by Crippen LogP contribution is 2.14. The summed E-state index contributed by atoms with van der Waals surface area (Å²) in [5.41, 5.74) is 0.915. The van der Waals surface area contributed by atoms with Crippen molar-refractivity contribution in [1.29, 1.82) is 0 Å². The zero-order valence-corrected chi connectivity index (χ0v) is 13.9. The maximum atomic E-state index is 12.0. The third-order valence-electron chi connectivity index (χ3n) is 3.65. The van der Waals surface area contributed by atoms with Crippen LogP contribution in [0, 0.1) is 0 Å². The van der Waals surface area contributed by atoms with Gasteiger partial charge in [-0.05, 0) is 38.5 Å². The molecule has 0 saturated carbocycles. The summed E-state index contributed by atoms with van der Waals surface area (Å²) in [7, 11) is 0. The predicted octanol–water partition coefficient (Wildman–Crippen LogP) is 1.97. The van der Waals surface area contributed by atoms with Crippen molar-refractivity contribution in [2.24, 2.45) is 0 Å². The summed E-state index contributed by atoms with van der Waals surface area (Å²) >= 11 is 0. The summed E-state index contributed by atoms with van der Waals surface area (Å²) in [6.45, 7) is 7.28. The van der Waals surface area contributed by atoms with E-state index in [-0.39, 0.29) is 24.1 Å². The zero-order chi connectivity index (χ0) is 16.8. The largest absolute Gasteiger partial charge is 0.494 e. The van der Waals surface area contributed by atoms with Crippen LogP contribution in [0.2, 0.25) is 0 Å². The van der Waals surface area contributed by atoms with E-state index in [1.54, 1.807) is 4.90 Å². The first kappa shape index (κ1) is 17.1. The normalized spacial score (nSPS) is 17.3. The average Bonchev–Trinajstić information content (AvgIpc) is 2.89. The summed E-state index contributed by atoms with van der Waals surface area (Å²) in [5, 5.41) is 2.82. The van der Waals surface area contributed by atoms with Gasteiger partial charge >= 0.3 is 6.09 Å². The van der Waals surface area contributed by atoms with E-state index in [0.29, 0.717) is 26.1 Å². The van der Waals surface area contributed by atoms with E-state index in [1.807, 2.05) is 45.0 Å². The second-order valence-electron chi connectivity index (χ2n) is 5.81. The summed E-state index contributed by atoms with van der Waals surface area (Å²) < 4.78 is 10.6. The van der Waals surface area contributed by atoms with Crippen LogP contribution in [0.15, 0.2) is 24.3 Å². The Morgan fingerprint density at radius 2 is 2.09 bits per heavy atom. The molecule has 0 bridgehead atoms. The van der Waals surface area contributed by atoms with Gasteiger partial charge in [0.05, 0.1) is 26.1 Å². The topological polar surface area (TPSA) is 67.9 Å². The van der Waals surface area contributed by atoms with Gasteiger partial charge in [-0.15, -0.1) is 0 Å². The molecule has 0 aliphatic carbocycles. The highest BCUT2D eigenvalue weighted by atomic mass is 16.6. The van der Waals surface area contributed by atoms with Gasteiger partial charge in [0.25, 0.3) is 0 Å². The van der Waals surface area contributed by atoms with Crippen LogP contribution in [0.25, 0.3) is 0 Å². The van der Waals surface area contributed by atoms with Crippen molar-refractivity contribution in [2.75, 3.05) is 19.7 Å². The number of ether oxygens (including phenoxy) is 2. The van der Waals surface area contributed by atoms with Gasteiger partial charge in [-0.1, -0.05) is 12.1 Å². The van der Waals surface area contributed by atoms with Crippen LogP contribution in [0.5, 0.6) is 5.75 Å². The lowest BCUT2D eigenvalue weighted by molar-refractivity contribution is -0.120. The molecule has 6 nitrogen and oxygen atoms in total. The molecule has 2 amide bonds. The Bertz CT molecular complexity index is 542. The van der Waals surface area contributed by atoms with Crippen molar-refractivity contribution in [1.82, 2.24) is 10.2 Å². The molecule has 0 spiro atoms. The number of rotatable bonds is 7. The maximum Gasteiger partial charge on any atom is 0.410 e. The number of benzene rings is 1. The van der Waals surface area contributed by atoms with Gasteiger partial charge in [-0.25, -0.2) is 4.79 Å². The molecule has 1 atom stereocenters. The second-order valence-corrected chi connectivity index (χ2v) is 5.81. The van der Waals surface area contributed by atoms with Crippen molar-refractivity contribution in [3.8, 4) is 5.75 Å². The second kappa shape index (κ2) is 7.85. The highest BCUT2D eigenvalue weighted by Gasteiger charge is 2.32. The summed E-state index contributed by atoms with van der Waals surface area (Å²) in [6.07, 6.45) is -0.305. The van der Waals surface area contributed by atoms with Crippen LogP contribution in [0.3, 0.4) is 0 Å². The number of amides is 2. The molecule has 1 unspecified atom stereocenters. The van der Waals surface area contributed by atoms with Crippen LogP contribution in [0.1, 0.15) is 26.3 Å². The molecule has 1 aromatic rings. The van der Waals surface area contributed by atoms with Gasteiger partial charge in [0.1, 0.15) is 11.9 Å². The van der Waals surface area contributed by atoms with E-state index < -0.39 is 0 Å². The molecular weight excluding hydrogens is 296 g/mol. The minimum Gasteiger partial charge on any atom is -0.494 e. The predicted molar refractivity (Wildman–Crippen MR) is 86.4 cm³/mol. The fraction of sp³-hybridized carbons (Fsp3) is 0.529. The van der Waals surface area contributed by atoms with E-state index in [2.05, 4.69) is 5.32 Å². The first-order chi connectivity index (χ1) is 11.0. The van der Waals surface area contributed by atoms with E-state index in [4.69, 9.17) is 9.47 Å². The monoisotopic (exact) mass is 320 g/mol. The summed E-state index contributed by atoms with van der Waals surface area (Å²) in [6, 6.07) is 7.56. The van der Waals surface area contributed by atoms with E-state index in [9.17, 15) is 9.59 Å². The lowest BCUT2D eigenvalue weighted by Crippen LogP contribution is -2.36. The highest BCUT2D eigenvalue weighted by molar-refractivity contribution is 5.78. The van der Waals surface area contributed by atoms with Gasteiger partial charge in [-0.3, -0.25) is 4.79 Å². The third kappa shape index (κ3) is 4.87. The molecule has 1 heterocycles. The van der Waals surface area contributed by atoms with Crippen LogP contribution in [-0.4, -0.2) is 48.7 Å². The van der Waals surface area contributed by atoms with Crippen molar-refractivity contribution in [3.63, 3.8) is 0 Å². The van der Waals surface area contributed by atoms with E-state index in [0.717, 1.165) is 11.3 Å². The Morgan fingerprint density at radius 1 is 1.39 bits per heavy atom. The first-order valence-corrected chi connectivity index (χ1v) is 7.95. The fourth-order valence-electron chi connectivity index (χ4n) is 2.42. The Labute approximate surface area is 136 Å². The van der Waals surface area contributed by atoms with Crippen LogP contribution in [-0.2, 0) is 16.0 Å². The molecule has 126 valence electrons. The number of carbonyl (C=O) groups is 2. The smallest absolute Gasteiger partial charge is 0.410 e. The minimum absolute atomic E-state index is 0.0896. The molecule has 1 fully saturated rings. The number of hydrogen-bond acceptors (Lipinski definition) is 4. The van der Waals surface area contributed by atoms with Crippen LogP contribution in [0.4, 0.5) is 4.79 Å². The Hall–Kier alpha value is -2.24. The van der Waals surface area contributed by atoms with Gasteiger partial charge in [0.15, 0.2) is 0 Å². The first-order valence-electron chi connectivity index (χ1n) is 7.95. The Kier molecular flexibility index (Phi) is 5.84. The zero-order valence-electron chi connectivity index (χ0n) is 13.9. The maximum absolute atomic E-state index is 12.0. The van der Waals surface area contributed by atoms with Crippen LogP contribution >= 0.6 is 0 Å². The quantitative estimate of drug-likeness (QED) is 0.834. The van der Waals surface area contributed by atoms with E-state index >= 15 is 0 Å². The summed E-state index contributed by atoms with van der Waals surface area (Å²) in [4.78, 5) is 25.3. The van der Waals surface area contributed by atoms with Crippen molar-refractivity contribution >= 4 is 12.0 Å². The molecule has 2 rings (SSSR count). The lowest BCUT2D eigenvalue weighted by Gasteiger charge is -2.16. The molecule has 1 aliphatic heterocycles. The molecule has 1 N–H and O–H groups in total. The van der Waals surface area contributed by atoms with Gasteiger partial charge in [0, 0.05) is 6.04 Å². The molecule has 1 aliphatic rings. The number of nitrogens with one attached hydrogen (secondary N) is 1. The minimum atomic E-state index is -0.314. The van der Waals surface area contributed by atoms with Gasteiger partial charge in [-0.2, -0.15) is 0 Å². The number of nitrogens with zero attached hydrogens (tertiary/aromatic N) is 1. The van der Waals surface area contributed by atoms with E-state index in [1.165, 1.54) is 0 Å². The van der Waals surface area contributed by atoms with Crippen molar-refractivity contribution in [2.45, 2.75) is 39.3 Å². The number of cyclic esters (lactones) is 1. The lowest BCUT2D eigenvalue weighted by atomic mass is 10.1. The molecule has 0 aromatic heterocycles. The molecular formula is C17H24N2O4. The third-order valence-corrected chi connectivity index (χ3v) is 3.65. The van der Waals surface area contributed by atoms with Gasteiger partial charge in [0.2, 0.25) is 5.91 Å². The van der Waals surface area contributed by atoms with Gasteiger partial charge < -0.3 is 19.7 Å². The summed E-state index contributed by atoms with van der Waals surface area (Å²) in [5.74, 6) is 0.705. The fourth-order valence-corrected chi connectivity index (χ4v) is 2.42. The average molecular weight is 320 g/mol. The number of hydrogen-bond donors (Lipinski definition) is 1. The molecule has 6 heteroatoms. The Balaban J connectivity index is 1.76. The van der Waals surface area contributed by atoms with Crippen molar-refractivity contribution < 1.29 is 19.1 Å². The van der Waals surface area contributed by atoms with Crippen LogP contribution < -0.4 is 10.1 Å². The molecule has 1 saturated heterocycles. The molecule has 1 aromatic carbocycles. The Morgan fingerprint density at radius 3 is 2.65 bits per heavy atom.